The summed E-state index contributed by atoms with van der Waals surface area (Å²) in [5.41, 5.74) is 4.64. The summed E-state index contributed by atoms with van der Waals surface area (Å²) in [6, 6.07) is 14.4. The van der Waals surface area contributed by atoms with Gasteiger partial charge in [-0.15, -0.1) is 0 Å². The first-order valence-electron chi connectivity index (χ1n) is 9.47. The van der Waals surface area contributed by atoms with Gasteiger partial charge in [0.2, 0.25) is 4.77 Å². The van der Waals surface area contributed by atoms with Crippen LogP contribution in [0, 0.1) is 18.6 Å². The third kappa shape index (κ3) is 3.85. The van der Waals surface area contributed by atoms with Gasteiger partial charge in [-0.1, -0.05) is 41.4 Å². The lowest BCUT2D eigenvalue weighted by Crippen LogP contribution is -2.47. The van der Waals surface area contributed by atoms with Crippen LogP contribution in [-0.2, 0) is 6.67 Å². The van der Waals surface area contributed by atoms with E-state index >= 15 is 0 Å². The largest absolute Gasteiger partial charge is 0.368 e. The summed E-state index contributed by atoms with van der Waals surface area (Å²) in [4.78, 5) is 4.72. The second-order valence-electron chi connectivity index (χ2n) is 7.27. The summed E-state index contributed by atoms with van der Waals surface area (Å²) in [6.45, 7) is 8.68. The highest BCUT2D eigenvalue weighted by atomic mass is 35.5. The molecule has 4 rings (SSSR count). The molecular formula is C21H24ClN5S. The van der Waals surface area contributed by atoms with Gasteiger partial charge in [-0.2, -0.15) is 5.10 Å². The lowest BCUT2D eigenvalue weighted by Gasteiger charge is -2.36. The Morgan fingerprint density at radius 1 is 1.00 bits per heavy atom. The van der Waals surface area contributed by atoms with Crippen LogP contribution in [0.1, 0.15) is 11.1 Å². The van der Waals surface area contributed by atoms with Crippen LogP contribution in [0.25, 0.3) is 5.69 Å². The van der Waals surface area contributed by atoms with Gasteiger partial charge in [0.1, 0.15) is 6.33 Å². The van der Waals surface area contributed by atoms with Gasteiger partial charge in [-0.05, 0) is 49.8 Å². The van der Waals surface area contributed by atoms with Crippen molar-refractivity contribution in [2.24, 2.45) is 0 Å². The number of halogens is 1. The maximum absolute atomic E-state index is 6.34. The zero-order valence-corrected chi connectivity index (χ0v) is 17.7. The van der Waals surface area contributed by atoms with Crippen LogP contribution >= 0.6 is 23.8 Å². The van der Waals surface area contributed by atoms with Crippen LogP contribution in [0.3, 0.4) is 0 Å². The number of hydrogen-bond donors (Lipinski definition) is 0. The molecule has 1 fully saturated rings. The number of nitrogens with zero attached hydrogens (tertiary/aromatic N) is 5. The summed E-state index contributed by atoms with van der Waals surface area (Å²) in [7, 11) is 0. The molecule has 146 valence electrons. The fourth-order valence-electron chi connectivity index (χ4n) is 3.70. The molecule has 0 N–H and O–H groups in total. The summed E-state index contributed by atoms with van der Waals surface area (Å²) in [5, 5.41) is 5.35. The molecule has 0 atom stereocenters. The Bertz CT molecular complexity index is 1030. The van der Waals surface area contributed by atoms with E-state index in [1.54, 1.807) is 0 Å². The minimum Gasteiger partial charge on any atom is -0.368 e. The van der Waals surface area contributed by atoms with Gasteiger partial charge in [0, 0.05) is 26.2 Å². The van der Waals surface area contributed by atoms with Crippen LogP contribution in [0.15, 0.2) is 48.8 Å². The van der Waals surface area contributed by atoms with Gasteiger partial charge < -0.3 is 4.90 Å². The molecule has 1 aliphatic heterocycles. The molecule has 0 saturated carbocycles. The molecule has 5 nitrogen and oxygen atoms in total. The number of piperazine rings is 1. The van der Waals surface area contributed by atoms with Crippen molar-refractivity contribution in [3.05, 3.63) is 69.7 Å². The summed E-state index contributed by atoms with van der Waals surface area (Å²) < 4.78 is 4.62. The highest BCUT2D eigenvalue weighted by molar-refractivity contribution is 7.71. The smallest absolute Gasteiger partial charge is 0.203 e. The van der Waals surface area contributed by atoms with Gasteiger partial charge in [0.25, 0.3) is 0 Å². The second kappa shape index (κ2) is 8.07. The zero-order valence-electron chi connectivity index (χ0n) is 16.2. The summed E-state index contributed by atoms with van der Waals surface area (Å²) in [5.74, 6) is 0. The molecule has 2 heterocycles. The molecule has 2 aromatic carbocycles. The first-order chi connectivity index (χ1) is 13.5. The molecule has 0 bridgehead atoms. The predicted octanol–water partition coefficient (Wildman–Crippen LogP) is 4.45. The molecule has 1 saturated heterocycles. The van der Waals surface area contributed by atoms with Gasteiger partial charge in [0.05, 0.1) is 23.1 Å². The van der Waals surface area contributed by atoms with E-state index < -0.39 is 0 Å². The number of aryl methyl sites for hydroxylation is 2. The molecular weight excluding hydrogens is 390 g/mol. The molecule has 3 aromatic rings. The molecule has 0 amide bonds. The van der Waals surface area contributed by atoms with Crippen molar-refractivity contribution in [3.63, 3.8) is 0 Å². The molecule has 0 spiro atoms. The standard InChI is InChI=1S/C21H24ClN5S/c1-16-7-8-19(17(2)13-16)26-14-23-27(21(26)28)15-24-9-11-25(12-10-24)20-6-4-3-5-18(20)22/h3-8,13-14H,9-12,15H2,1-2H3. The number of para-hydroxylation sites is 1. The van der Waals surface area contributed by atoms with Crippen molar-refractivity contribution < 1.29 is 0 Å². The molecule has 7 heteroatoms. The molecule has 0 radical (unpaired) electrons. The Balaban J connectivity index is 1.44. The van der Waals surface area contributed by atoms with Crippen LogP contribution in [0.2, 0.25) is 5.02 Å². The quantitative estimate of drug-likeness (QED) is 0.591. The number of benzene rings is 2. The maximum atomic E-state index is 6.34. The first-order valence-corrected chi connectivity index (χ1v) is 10.3. The van der Waals surface area contributed by atoms with Crippen molar-refractivity contribution in [2.75, 3.05) is 31.1 Å². The summed E-state index contributed by atoms with van der Waals surface area (Å²) in [6.07, 6.45) is 1.82. The minimum atomic E-state index is 0.701. The zero-order chi connectivity index (χ0) is 19.7. The lowest BCUT2D eigenvalue weighted by atomic mass is 10.1. The fourth-order valence-corrected chi connectivity index (χ4v) is 4.21. The number of anilines is 1. The van der Waals surface area contributed by atoms with Crippen LogP contribution in [0.5, 0.6) is 0 Å². The number of hydrogen-bond acceptors (Lipinski definition) is 4. The predicted molar refractivity (Wildman–Crippen MR) is 117 cm³/mol. The van der Waals surface area contributed by atoms with E-state index in [1.807, 2.05) is 33.8 Å². The topological polar surface area (TPSA) is 29.2 Å². The van der Waals surface area contributed by atoms with E-state index in [9.17, 15) is 0 Å². The van der Waals surface area contributed by atoms with E-state index in [-0.39, 0.29) is 0 Å². The third-order valence-electron chi connectivity index (χ3n) is 5.24. The van der Waals surface area contributed by atoms with E-state index in [0.717, 1.165) is 47.3 Å². The van der Waals surface area contributed by atoms with E-state index in [0.29, 0.717) is 6.67 Å². The number of rotatable bonds is 4. The Labute approximate surface area is 175 Å². The second-order valence-corrected chi connectivity index (χ2v) is 8.04. The van der Waals surface area contributed by atoms with Gasteiger partial charge in [0.15, 0.2) is 0 Å². The minimum absolute atomic E-state index is 0.701. The van der Waals surface area contributed by atoms with Gasteiger partial charge >= 0.3 is 0 Å². The van der Waals surface area contributed by atoms with E-state index in [1.165, 1.54) is 11.1 Å². The Hall–Kier alpha value is -2.15. The van der Waals surface area contributed by atoms with Crippen molar-refractivity contribution in [1.82, 2.24) is 19.2 Å². The Morgan fingerprint density at radius 2 is 1.75 bits per heavy atom. The first kappa shape index (κ1) is 19.2. The van der Waals surface area contributed by atoms with Crippen molar-refractivity contribution in [1.29, 1.82) is 0 Å². The molecule has 0 unspecified atom stereocenters. The fraction of sp³-hybridized carbons (Fsp3) is 0.333. The van der Waals surface area contributed by atoms with Crippen molar-refractivity contribution >= 4 is 29.5 Å². The van der Waals surface area contributed by atoms with E-state index in [2.05, 4.69) is 53.0 Å². The van der Waals surface area contributed by atoms with Gasteiger partial charge in [-0.25, -0.2) is 4.68 Å². The average molecular weight is 414 g/mol. The molecule has 28 heavy (non-hydrogen) atoms. The summed E-state index contributed by atoms with van der Waals surface area (Å²) >= 11 is 12.0. The normalized spacial score (nSPS) is 15.2. The molecule has 1 aromatic heterocycles. The maximum Gasteiger partial charge on any atom is 0.203 e. The average Bonchev–Trinajstić information content (AvgIpc) is 3.03. The third-order valence-corrected chi connectivity index (χ3v) is 5.97. The van der Waals surface area contributed by atoms with Crippen LogP contribution in [-0.4, -0.2) is 45.4 Å². The Kier molecular flexibility index (Phi) is 5.53. The van der Waals surface area contributed by atoms with Gasteiger partial charge in [-0.3, -0.25) is 9.47 Å². The van der Waals surface area contributed by atoms with Crippen molar-refractivity contribution in [3.8, 4) is 5.69 Å². The number of aromatic nitrogens is 3. The monoisotopic (exact) mass is 413 g/mol. The van der Waals surface area contributed by atoms with E-state index in [4.69, 9.17) is 23.8 Å². The van der Waals surface area contributed by atoms with Crippen LogP contribution < -0.4 is 4.90 Å². The Morgan fingerprint density at radius 3 is 2.46 bits per heavy atom. The molecule has 1 aliphatic rings. The lowest BCUT2D eigenvalue weighted by molar-refractivity contribution is 0.194. The molecule has 0 aliphatic carbocycles. The SMILES string of the molecule is Cc1ccc(-n2cnn(CN3CCN(c4ccccc4Cl)CC3)c2=S)c(C)c1. The van der Waals surface area contributed by atoms with Crippen LogP contribution in [0.4, 0.5) is 5.69 Å². The highest BCUT2D eigenvalue weighted by Crippen LogP contribution is 2.26. The van der Waals surface area contributed by atoms with Crippen molar-refractivity contribution in [2.45, 2.75) is 20.5 Å². The highest BCUT2D eigenvalue weighted by Gasteiger charge is 2.19.